The highest BCUT2D eigenvalue weighted by atomic mass is 35.5. The first-order valence-electron chi connectivity index (χ1n) is 8.63. The maximum Gasteiger partial charge on any atom is 0.282 e. The van der Waals surface area contributed by atoms with Crippen LogP contribution < -0.4 is 4.90 Å². The second-order valence-corrected chi connectivity index (χ2v) is 7.03. The summed E-state index contributed by atoms with van der Waals surface area (Å²) in [5, 5.41) is 9.76. The van der Waals surface area contributed by atoms with E-state index in [9.17, 15) is 14.7 Å². The number of carbonyl (C=O) groups excluding carboxylic acids is 2. The van der Waals surface area contributed by atoms with Crippen LogP contribution >= 0.6 is 11.6 Å². The standard InChI is InChI=1S/C21H21ClN2O3/c1-13-7-8-15(11-14(13)2)18-19(23(3)9-10-25)21(27)24(20(18)26)17-6-4-5-16(22)12-17/h4-8,11-12,25H,9-10H2,1-3H3. The van der Waals surface area contributed by atoms with Crippen LogP contribution in [0.5, 0.6) is 0 Å². The molecule has 0 spiro atoms. The number of aliphatic hydroxyl groups is 1. The molecule has 1 heterocycles. The van der Waals surface area contributed by atoms with Crippen LogP contribution in [0.4, 0.5) is 5.69 Å². The Kier molecular flexibility index (Phi) is 5.35. The summed E-state index contributed by atoms with van der Waals surface area (Å²) >= 11 is 6.05. The molecule has 0 saturated carbocycles. The fourth-order valence-corrected chi connectivity index (χ4v) is 3.33. The van der Waals surface area contributed by atoms with E-state index in [4.69, 9.17) is 11.6 Å². The second-order valence-electron chi connectivity index (χ2n) is 6.59. The van der Waals surface area contributed by atoms with Gasteiger partial charge >= 0.3 is 0 Å². The SMILES string of the molecule is Cc1ccc(C2=C(N(C)CCO)C(=O)N(c3cccc(Cl)c3)C2=O)cc1C. The molecule has 2 amide bonds. The average molecular weight is 385 g/mol. The van der Waals surface area contributed by atoms with Gasteiger partial charge in [0.05, 0.1) is 17.9 Å². The molecule has 1 N–H and O–H groups in total. The zero-order chi connectivity index (χ0) is 19.7. The molecule has 0 aliphatic carbocycles. The van der Waals surface area contributed by atoms with Gasteiger partial charge < -0.3 is 10.0 Å². The predicted molar refractivity (Wildman–Crippen MR) is 106 cm³/mol. The highest BCUT2D eigenvalue weighted by molar-refractivity contribution is 6.45. The third kappa shape index (κ3) is 3.48. The van der Waals surface area contributed by atoms with E-state index in [-0.39, 0.29) is 18.8 Å². The maximum atomic E-state index is 13.3. The lowest BCUT2D eigenvalue weighted by molar-refractivity contribution is -0.120. The molecule has 0 unspecified atom stereocenters. The van der Waals surface area contributed by atoms with Gasteiger partial charge in [0, 0.05) is 18.6 Å². The molecule has 0 fully saturated rings. The summed E-state index contributed by atoms with van der Waals surface area (Å²) in [6, 6.07) is 12.3. The minimum absolute atomic E-state index is 0.126. The molecule has 0 aromatic heterocycles. The third-order valence-electron chi connectivity index (χ3n) is 4.74. The van der Waals surface area contributed by atoms with Crippen molar-refractivity contribution in [3.63, 3.8) is 0 Å². The van der Waals surface area contributed by atoms with Crippen molar-refractivity contribution in [3.05, 3.63) is 69.9 Å². The van der Waals surface area contributed by atoms with E-state index in [1.54, 1.807) is 36.2 Å². The van der Waals surface area contributed by atoms with E-state index in [0.29, 0.717) is 21.8 Å². The number of hydrogen-bond donors (Lipinski definition) is 1. The number of anilines is 1. The zero-order valence-electron chi connectivity index (χ0n) is 15.5. The summed E-state index contributed by atoms with van der Waals surface area (Å²) in [5.74, 6) is -0.822. The number of halogens is 1. The van der Waals surface area contributed by atoms with Crippen LogP contribution in [0, 0.1) is 13.8 Å². The summed E-state index contributed by atoms with van der Waals surface area (Å²) in [7, 11) is 1.69. The van der Waals surface area contributed by atoms with Gasteiger partial charge in [0.1, 0.15) is 5.70 Å². The predicted octanol–water partition coefficient (Wildman–Crippen LogP) is 3.17. The van der Waals surface area contributed by atoms with Crippen molar-refractivity contribution in [3.8, 4) is 0 Å². The molecule has 0 bridgehead atoms. The normalized spacial score (nSPS) is 14.3. The van der Waals surface area contributed by atoms with Gasteiger partial charge in [-0.2, -0.15) is 0 Å². The quantitative estimate of drug-likeness (QED) is 0.804. The first-order valence-corrected chi connectivity index (χ1v) is 9.01. The Bertz CT molecular complexity index is 952. The zero-order valence-corrected chi connectivity index (χ0v) is 16.2. The Morgan fingerprint density at radius 2 is 1.78 bits per heavy atom. The van der Waals surface area contributed by atoms with Crippen molar-refractivity contribution in [1.29, 1.82) is 0 Å². The van der Waals surface area contributed by atoms with Crippen LogP contribution in [0.15, 0.2) is 48.2 Å². The van der Waals surface area contributed by atoms with Crippen molar-refractivity contribution in [2.75, 3.05) is 25.1 Å². The lowest BCUT2D eigenvalue weighted by Gasteiger charge is -2.20. The van der Waals surface area contributed by atoms with Crippen LogP contribution in [-0.2, 0) is 9.59 Å². The number of carbonyl (C=O) groups is 2. The molecule has 1 aliphatic rings. The molecular weight excluding hydrogens is 364 g/mol. The Morgan fingerprint density at radius 3 is 2.41 bits per heavy atom. The molecule has 140 valence electrons. The van der Waals surface area contributed by atoms with E-state index in [0.717, 1.165) is 16.0 Å². The van der Waals surface area contributed by atoms with E-state index < -0.39 is 11.8 Å². The van der Waals surface area contributed by atoms with Crippen LogP contribution in [0.2, 0.25) is 5.02 Å². The number of likely N-dealkylation sites (N-methyl/N-ethyl adjacent to an activating group) is 1. The molecule has 0 atom stereocenters. The van der Waals surface area contributed by atoms with Crippen molar-refractivity contribution < 1.29 is 14.7 Å². The first kappa shape index (κ1) is 19.1. The lowest BCUT2D eigenvalue weighted by atomic mass is 9.99. The fourth-order valence-electron chi connectivity index (χ4n) is 3.14. The molecule has 3 rings (SSSR count). The molecule has 27 heavy (non-hydrogen) atoms. The van der Waals surface area contributed by atoms with Crippen molar-refractivity contribution in [2.24, 2.45) is 0 Å². The van der Waals surface area contributed by atoms with Gasteiger partial charge in [-0.05, 0) is 48.7 Å². The molecule has 0 saturated heterocycles. The van der Waals surface area contributed by atoms with E-state index in [2.05, 4.69) is 0 Å². The highest BCUT2D eigenvalue weighted by Gasteiger charge is 2.41. The van der Waals surface area contributed by atoms with Crippen molar-refractivity contribution in [1.82, 2.24) is 4.90 Å². The van der Waals surface area contributed by atoms with Gasteiger partial charge in [0.2, 0.25) is 0 Å². The minimum Gasteiger partial charge on any atom is -0.395 e. The molecule has 5 nitrogen and oxygen atoms in total. The van der Waals surface area contributed by atoms with Crippen molar-refractivity contribution >= 4 is 34.7 Å². The molecule has 2 aromatic carbocycles. The number of aryl methyl sites for hydroxylation is 2. The Balaban J connectivity index is 2.16. The summed E-state index contributed by atoms with van der Waals surface area (Å²) in [6.07, 6.45) is 0. The smallest absolute Gasteiger partial charge is 0.282 e. The van der Waals surface area contributed by atoms with Gasteiger partial charge in [-0.25, -0.2) is 4.90 Å². The third-order valence-corrected chi connectivity index (χ3v) is 4.97. The summed E-state index contributed by atoms with van der Waals surface area (Å²) in [6.45, 7) is 4.07. The number of amides is 2. The molecule has 0 radical (unpaired) electrons. The Morgan fingerprint density at radius 1 is 1.04 bits per heavy atom. The number of aliphatic hydroxyl groups excluding tert-OH is 1. The van der Waals surface area contributed by atoms with Crippen LogP contribution in [0.1, 0.15) is 16.7 Å². The number of benzene rings is 2. The number of nitrogens with zero attached hydrogens (tertiary/aromatic N) is 2. The molecule has 6 heteroatoms. The summed E-state index contributed by atoms with van der Waals surface area (Å²) in [4.78, 5) is 29.2. The Hall–Kier alpha value is -2.63. The van der Waals surface area contributed by atoms with Crippen LogP contribution in [0.3, 0.4) is 0 Å². The molecule has 2 aromatic rings. The maximum absolute atomic E-state index is 13.3. The number of rotatable bonds is 5. The summed E-state index contributed by atoms with van der Waals surface area (Å²) in [5.41, 5.74) is 3.85. The minimum atomic E-state index is -0.425. The topological polar surface area (TPSA) is 60.9 Å². The fraction of sp³-hybridized carbons (Fsp3) is 0.238. The van der Waals surface area contributed by atoms with E-state index in [1.807, 2.05) is 32.0 Å². The Labute approximate surface area is 163 Å². The highest BCUT2D eigenvalue weighted by Crippen LogP contribution is 2.35. The largest absolute Gasteiger partial charge is 0.395 e. The van der Waals surface area contributed by atoms with Crippen molar-refractivity contribution in [2.45, 2.75) is 13.8 Å². The molecular formula is C21H21ClN2O3. The van der Waals surface area contributed by atoms with Gasteiger partial charge in [-0.1, -0.05) is 35.9 Å². The average Bonchev–Trinajstić information content (AvgIpc) is 2.88. The van der Waals surface area contributed by atoms with Crippen LogP contribution in [-0.4, -0.2) is 42.0 Å². The first-order chi connectivity index (χ1) is 12.8. The monoisotopic (exact) mass is 384 g/mol. The van der Waals surface area contributed by atoms with Gasteiger partial charge in [0.15, 0.2) is 0 Å². The lowest BCUT2D eigenvalue weighted by Crippen LogP contribution is -2.34. The molecule has 1 aliphatic heterocycles. The van der Waals surface area contributed by atoms with E-state index in [1.165, 1.54) is 0 Å². The van der Waals surface area contributed by atoms with E-state index >= 15 is 0 Å². The number of hydrogen-bond acceptors (Lipinski definition) is 4. The number of imide groups is 1. The van der Waals surface area contributed by atoms with Gasteiger partial charge in [0.25, 0.3) is 11.8 Å². The van der Waals surface area contributed by atoms with Gasteiger partial charge in [-0.15, -0.1) is 0 Å². The second kappa shape index (κ2) is 7.55. The summed E-state index contributed by atoms with van der Waals surface area (Å²) < 4.78 is 0. The van der Waals surface area contributed by atoms with Crippen LogP contribution in [0.25, 0.3) is 5.57 Å². The van der Waals surface area contributed by atoms with Gasteiger partial charge in [-0.3, -0.25) is 9.59 Å².